The van der Waals surface area contributed by atoms with Crippen LogP contribution in [0.4, 0.5) is 0 Å². The maximum absolute atomic E-state index is 11.3. The average molecular weight is 753 g/mol. The van der Waals surface area contributed by atoms with Crippen LogP contribution in [0.25, 0.3) is 72.7 Å². The zero-order valence-electron chi connectivity index (χ0n) is 40.8. The molecular weight excluding hydrogens is 695 g/mol. The summed E-state index contributed by atoms with van der Waals surface area (Å²) >= 11 is 0. The van der Waals surface area contributed by atoms with Crippen molar-refractivity contribution < 1.29 is 14.7 Å². The van der Waals surface area contributed by atoms with Crippen LogP contribution in [0.5, 0.6) is 5.75 Å². The second-order valence-corrected chi connectivity index (χ2v) is 16.2. The number of benzene rings is 6. The van der Waals surface area contributed by atoms with Crippen LogP contribution in [0, 0.1) is 6.92 Å². The van der Waals surface area contributed by atoms with Crippen molar-refractivity contribution in [1.29, 1.82) is 0 Å². The molecule has 0 aliphatic heterocycles. The van der Waals surface area contributed by atoms with E-state index in [-0.39, 0.29) is 28.8 Å². The van der Waals surface area contributed by atoms with Crippen LogP contribution in [0.15, 0.2) is 146 Å². The lowest BCUT2D eigenvalue weighted by atomic mass is 9.83. The molecular formula is C53H51N3O. The summed E-state index contributed by atoms with van der Waals surface area (Å²) < 4.78 is 61.7. The first-order valence-electron chi connectivity index (χ1n) is 22.8. The fraction of sp³-hybridized carbons (Fsp3) is 0.208. The minimum atomic E-state index is -0.854. The number of aromatic nitrogens is 3. The van der Waals surface area contributed by atoms with Crippen LogP contribution in [0.2, 0.25) is 0 Å². The van der Waals surface area contributed by atoms with Crippen molar-refractivity contribution in [1.82, 2.24) is 14.5 Å². The zero-order valence-corrected chi connectivity index (χ0v) is 33.8. The lowest BCUT2D eigenvalue weighted by Crippen LogP contribution is -2.11. The standard InChI is InChI=1S/C53H51N3O/c1-33(2)39-26-40(34(3)4)28-41(27-39)37-21-22-48(35(5)25-37)56-49-19-14-18-45(51(49)55-52(56)46-17-12-13-20-50(46)57)42-29-43(31-44(30-42)53(6,7)8)47-32-38(23-24-54-47)36-15-10-9-11-16-36/h9-34,57H,1-8H3/i9D,10D,11D,15D,16D,33D,34D. The molecule has 0 atom stereocenters. The molecule has 0 aliphatic rings. The molecule has 8 aromatic rings. The van der Waals surface area contributed by atoms with Gasteiger partial charge in [-0.25, -0.2) is 4.98 Å². The van der Waals surface area contributed by atoms with E-state index < -0.39 is 29.9 Å². The fourth-order valence-electron chi connectivity index (χ4n) is 7.38. The number of phenols is 1. The van der Waals surface area contributed by atoms with Gasteiger partial charge in [0.25, 0.3) is 0 Å². The van der Waals surface area contributed by atoms with Gasteiger partial charge in [-0.1, -0.05) is 133 Å². The number of pyridine rings is 1. The van der Waals surface area contributed by atoms with Crippen molar-refractivity contribution in [3.05, 3.63) is 168 Å². The summed E-state index contributed by atoms with van der Waals surface area (Å²) in [7, 11) is 0. The summed E-state index contributed by atoms with van der Waals surface area (Å²) in [5, 5.41) is 11.3. The molecule has 8 rings (SSSR count). The van der Waals surface area contributed by atoms with Crippen LogP contribution in [0.3, 0.4) is 0 Å². The number of aromatic hydroxyl groups is 1. The smallest absolute Gasteiger partial charge is 0.149 e. The van der Waals surface area contributed by atoms with Crippen molar-refractivity contribution >= 4 is 11.0 Å². The topological polar surface area (TPSA) is 50.9 Å². The molecule has 0 aliphatic carbocycles. The predicted octanol–water partition coefficient (Wildman–Crippen LogP) is 14.3. The Labute approximate surface area is 347 Å². The summed E-state index contributed by atoms with van der Waals surface area (Å²) in [6.07, 6.45) is 1.60. The second kappa shape index (κ2) is 15.0. The lowest BCUT2D eigenvalue weighted by molar-refractivity contribution is 0.477. The molecule has 0 spiro atoms. The molecule has 2 heterocycles. The van der Waals surface area contributed by atoms with Gasteiger partial charge >= 0.3 is 0 Å². The van der Waals surface area contributed by atoms with Crippen LogP contribution in [0.1, 0.15) is 92.1 Å². The van der Waals surface area contributed by atoms with E-state index in [1.54, 1.807) is 30.5 Å². The first kappa shape index (κ1) is 30.0. The third-order valence-electron chi connectivity index (χ3n) is 10.6. The van der Waals surface area contributed by atoms with Crippen LogP contribution < -0.4 is 0 Å². The molecule has 0 fully saturated rings. The van der Waals surface area contributed by atoms with Crippen molar-refractivity contribution in [2.45, 2.75) is 72.6 Å². The van der Waals surface area contributed by atoms with Crippen molar-refractivity contribution in [3.63, 3.8) is 0 Å². The third-order valence-corrected chi connectivity index (χ3v) is 10.6. The minimum Gasteiger partial charge on any atom is -0.507 e. The summed E-state index contributed by atoms with van der Waals surface area (Å²) in [5.74, 6) is -1.05. The Bertz CT molecular complexity index is 3090. The van der Waals surface area contributed by atoms with Crippen LogP contribution in [-0.4, -0.2) is 19.6 Å². The van der Waals surface area contributed by atoms with Gasteiger partial charge in [0, 0.05) is 20.1 Å². The zero-order chi connectivity index (χ0) is 46.2. The number of nitrogens with zero attached hydrogens (tertiary/aromatic N) is 3. The van der Waals surface area contributed by atoms with E-state index in [1.807, 2.05) is 76.2 Å². The van der Waals surface area contributed by atoms with Gasteiger partial charge in [-0.15, -0.1) is 0 Å². The summed E-state index contributed by atoms with van der Waals surface area (Å²) in [5.41, 5.74) is 12.0. The van der Waals surface area contributed by atoms with Gasteiger partial charge in [0.05, 0.1) is 34.8 Å². The van der Waals surface area contributed by atoms with Crippen molar-refractivity contribution in [2.75, 3.05) is 0 Å². The van der Waals surface area contributed by atoms with Crippen LogP contribution in [-0.2, 0) is 5.41 Å². The highest BCUT2D eigenvalue weighted by atomic mass is 16.3. The molecule has 0 unspecified atom stereocenters. The molecule has 0 saturated heterocycles. The quantitative estimate of drug-likeness (QED) is 0.168. The molecule has 4 heteroatoms. The van der Waals surface area contributed by atoms with E-state index >= 15 is 0 Å². The maximum atomic E-state index is 11.3. The molecule has 0 radical (unpaired) electrons. The molecule has 284 valence electrons. The predicted molar refractivity (Wildman–Crippen MR) is 239 cm³/mol. The Kier molecular flexibility index (Phi) is 7.88. The van der Waals surface area contributed by atoms with Gasteiger partial charge in [0.15, 0.2) is 0 Å². The summed E-state index contributed by atoms with van der Waals surface area (Å²) in [6, 6.07) is 33.6. The molecule has 4 nitrogen and oxygen atoms in total. The number of rotatable bonds is 8. The molecule has 2 aromatic heterocycles. The van der Waals surface area contributed by atoms with Gasteiger partial charge in [0.2, 0.25) is 0 Å². The number of imidazole rings is 1. The normalized spacial score (nSPS) is 14.0. The Morgan fingerprint density at radius 3 is 2.02 bits per heavy atom. The van der Waals surface area contributed by atoms with Crippen molar-refractivity contribution in [3.8, 4) is 67.5 Å². The highest BCUT2D eigenvalue weighted by Gasteiger charge is 2.23. The van der Waals surface area contributed by atoms with E-state index in [0.29, 0.717) is 22.6 Å². The highest BCUT2D eigenvalue weighted by molar-refractivity contribution is 5.97. The highest BCUT2D eigenvalue weighted by Crippen LogP contribution is 2.41. The van der Waals surface area contributed by atoms with E-state index in [1.165, 1.54) is 0 Å². The second-order valence-electron chi connectivity index (χ2n) is 16.2. The average Bonchev–Trinajstić information content (AvgIpc) is 3.63. The van der Waals surface area contributed by atoms with E-state index in [4.69, 9.17) is 19.6 Å². The number of hydrogen-bond donors (Lipinski definition) is 1. The van der Waals surface area contributed by atoms with E-state index in [9.17, 15) is 5.11 Å². The molecule has 0 saturated carbocycles. The Balaban J connectivity index is 1.33. The van der Waals surface area contributed by atoms with E-state index in [2.05, 4.69) is 68.7 Å². The number of hydrogen-bond acceptors (Lipinski definition) is 3. The summed E-state index contributed by atoms with van der Waals surface area (Å²) in [6.45, 7) is 15.9. The number of phenolic OH excluding ortho intramolecular Hbond substituents is 1. The minimum absolute atomic E-state index is 0.0947. The molecule has 1 N–H and O–H groups in total. The fourth-order valence-corrected chi connectivity index (χ4v) is 7.38. The van der Waals surface area contributed by atoms with Gasteiger partial charge < -0.3 is 5.11 Å². The maximum Gasteiger partial charge on any atom is 0.149 e. The largest absolute Gasteiger partial charge is 0.507 e. The monoisotopic (exact) mass is 752 g/mol. The lowest BCUT2D eigenvalue weighted by Gasteiger charge is -2.22. The third kappa shape index (κ3) is 7.40. The number of aryl methyl sites for hydroxylation is 1. The van der Waals surface area contributed by atoms with E-state index in [0.717, 1.165) is 66.8 Å². The first-order chi connectivity index (χ1) is 30.0. The Morgan fingerprint density at radius 2 is 1.33 bits per heavy atom. The van der Waals surface area contributed by atoms with Gasteiger partial charge in [-0.2, -0.15) is 0 Å². The van der Waals surface area contributed by atoms with Gasteiger partial charge in [0.1, 0.15) is 11.6 Å². The van der Waals surface area contributed by atoms with Gasteiger partial charge in [-0.05, 0) is 129 Å². The van der Waals surface area contributed by atoms with Crippen molar-refractivity contribution in [2.24, 2.45) is 0 Å². The number of fused-ring (bicyclic) bond motifs is 1. The Morgan fingerprint density at radius 1 is 0.649 bits per heavy atom. The SMILES string of the molecule is [2H]c1c([2H])c([2H])c(-c2ccnc(-c3cc(-c4cccc5c4nc(-c4ccccc4O)n5-c4ccc(-c5cc(C([2H])(C)C)cc(C([2H])(C)C)c5)cc4C)cc(C(C)(C)C)c3)c2)c([2H])c1[2H]. The first-order valence-corrected chi connectivity index (χ1v) is 19.3. The molecule has 0 amide bonds. The van der Waals surface area contributed by atoms with Gasteiger partial charge in [-0.3, -0.25) is 9.55 Å². The molecule has 6 aromatic carbocycles. The summed E-state index contributed by atoms with van der Waals surface area (Å²) in [4.78, 5) is 10.1. The Hall–Kier alpha value is -6.26. The molecule has 0 bridgehead atoms. The molecule has 57 heavy (non-hydrogen) atoms. The van der Waals surface area contributed by atoms with Crippen LogP contribution >= 0.6 is 0 Å². The number of para-hydroxylation sites is 2.